The van der Waals surface area contributed by atoms with E-state index in [2.05, 4.69) is 69.3 Å². The monoisotopic (exact) mass is 353 g/mol. The number of hydrogen-bond acceptors (Lipinski definition) is 0. The summed E-state index contributed by atoms with van der Waals surface area (Å²) >= 11 is 0.0345. The molecule has 0 fully saturated rings. The first-order valence-corrected chi connectivity index (χ1v) is 8.82. The van der Waals surface area contributed by atoms with Gasteiger partial charge in [0.15, 0.2) is 6.99 Å². The highest BCUT2D eigenvalue weighted by molar-refractivity contribution is 5.26. The zero-order valence-corrected chi connectivity index (χ0v) is 13.6. The molecule has 1 aromatic rings. The molecular weight excluding hydrogens is 331 g/mol. The van der Waals surface area contributed by atoms with Gasteiger partial charge in [-0.1, -0.05) is 49.8 Å². The minimum Gasteiger partial charge on any atom is -0.0765 e. The maximum absolute atomic E-state index is 2.50. The second kappa shape index (κ2) is 6.05. The fourth-order valence-corrected chi connectivity index (χ4v) is 6.30. The second-order valence-corrected chi connectivity index (χ2v) is 9.44. The molecule has 18 heavy (non-hydrogen) atoms. The van der Waals surface area contributed by atoms with Crippen LogP contribution < -0.4 is 21.2 Å². The quantitative estimate of drug-likeness (QED) is 0.570. The lowest BCUT2D eigenvalue weighted by Gasteiger charge is -2.22. The van der Waals surface area contributed by atoms with Crippen LogP contribution in [-0.2, 0) is 0 Å². The van der Waals surface area contributed by atoms with E-state index in [1.54, 1.807) is 3.57 Å². The Hall–Kier alpha value is -0.570. The van der Waals surface area contributed by atoms with E-state index in [9.17, 15) is 0 Å². The Morgan fingerprint density at radius 2 is 1.94 bits per heavy atom. The molecule has 0 heterocycles. The molecule has 1 unspecified atom stereocenters. The first-order valence-electron chi connectivity index (χ1n) is 6.67. The number of hydrogen-bond donors (Lipinski definition) is 0. The minimum absolute atomic E-state index is 0.0345. The van der Waals surface area contributed by atoms with Gasteiger partial charge in [-0.25, -0.2) is 0 Å². The highest BCUT2D eigenvalue weighted by Gasteiger charge is 2.43. The molecule has 1 atom stereocenters. The maximum Gasteiger partial charge on any atom is 0.324 e. The van der Waals surface area contributed by atoms with Gasteiger partial charge < -0.3 is 0 Å². The number of rotatable bonds is 4. The van der Waals surface area contributed by atoms with Gasteiger partial charge in [-0.3, -0.25) is 0 Å². The van der Waals surface area contributed by atoms with Crippen molar-refractivity contribution in [3.63, 3.8) is 0 Å². The molecule has 0 saturated heterocycles. The minimum atomic E-state index is 0.0345. The highest BCUT2D eigenvalue weighted by Crippen LogP contribution is 2.22. The van der Waals surface area contributed by atoms with E-state index in [0.717, 1.165) is 5.92 Å². The van der Waals surface area contributed by atoms with Gasteiger partial charge in [-0.15, -0.1) is 0 Å². The summed E-state index contributed by atoms with van der Waals surface area (Å²) in [5.74, 6) is 0.768. The summed E-state index contributed by atoms with van der Waals surface area (Å²) in [6.45, 7) is 6.89. The zero-order valence-electron chi connectivity index (χ0n) is 11.5. The summed E-state index contributed by atoms with van der Waals surface area (Å²) in [7, 11) is 0. The largest absolute Gasteiger partial charge is 0.324 e. The lowest BCUT2D eigenvalue weighted by molar-refractivity contribution is -0.692. The Kier molecular flexibility index (Phi) is 4.66. The fourth-order valence-electron chi connectivity index (χ4n) is 2.38. The summed E-state index contributed by atoms with van der Waals surface area (Å²) in [5.41, 5.74) is 1.42. The highest BCUT2D eigenvalue weighted by atomic mass is 127. The molecule has 1 aliphatic rings. The molecule has 0 aliphatic heterocycles. The summed E-state index contributed by atoms with van der Waals surface area (Å²) in [5, 5.41) is 0. The molecular formula is C17H22I+. The predicted octanol–water partition coefficient (Wildman–Crippen LogP) is 1.64. The van der Waals surface area contributed by atoms with Gasteiger partial charge in [-0.2, -0.15) is 0 Å². The number of halogens is 1. The van der Waals surface area contributed by atoms with Crippen molar-refractivity contribution >= 4 is 0 Å². The van der Waals surface area contributed by atoms with E-state index in [1.165, 1.54) is 18.4 Å². The maximum atomic E-state index is 2.50. The number of allylic oxidation sites excluding steroid dienone is 4. The van der Waals surface area contributed by atoms with Crippen molar-refractivity contribution in [1.82, 2.24) is 0 Å². The van der Waals surface area contributed by atoms with Crippen LogP contribution >= 0.6 is 0 Å². The van der Waals surface area contributed by atoms with Crippen LogP contribution in [0, 0.1) is 9.49 Å². The van der Waals surface area contributed by atoms with Crippen LogP contribution in [0.25, 0.3) is 0 Å². The standard InChI is InChI=1S/C17H22I/c1-14(2)13-17(11-9-15(3)10-12-17)18-16-7-5-4-6-8-16/h4-11,14H,12-13H2,1-3H3/q+1. The average molecular weight is 353 g/mol. The normalized spacial score (nSPS) is 23.2. The first-order chi connectivity index (χ1) is 8.60. The summed E-state index contributed by atoms with van der Waals surface area (Å²) in [4.78, 5) is 0. The van der Waals surface area contributed by atoms with Gasteiger partial charge in [0.05, 0.1) is 0 Å². The first kappa shape index (κ1) is 13.9. The summed E-state index contributed by atoms with van der Waals surface area (Å²) < 4.78 is 2.00. The summed E-state index contributed by atoms with van der Waals surface area (Å²) in [6, 6.07) is 11.1. The molecule has 1 heteroatoms. The number of alkyl halides is 1. The average Bonchev–Trinajstić information content (AvgIpc) is 2.34. The molecule has 0 bridgehead atoms. The van der Waals surface area contributed by atoms with Crippen LogP contribution in [0.3, 0.4) is 0 Å². The van der Waals surface area contributed by atoms with Crippen molar-refractivity contribution in [2.24, 2.45) is 5.92 Å². The van der Waals surface area contributed by atoms with E-state index in [-0.39, 0.29) is 21.2 Å². The molecule has 0 aromatic heterocycles. The van der Waals surface area contributed by atoms with E-state index in [0.29, 0.717) is 3.42 Å². The van der Waals surface area contributed by atoms with Crippen molar-refractivity contribution in [3.8, 4) is 0 Å². The van der Waals surface area contributed by atoms with Crippen LogP contribution in [0.5, 0.6) is 0 Å². The van der Waals surface area contributed by atoms with E-state index in [4.69, 9.17) is 0 Å². The van der Waals surface area contributed by atoms with Crippen molar-refractivity contribution < 1.29 is 21.2 Å². The van der Waals surface area contributed by atoms with Gasteiger partial charge in [0.1, 0.15) is 0 Å². The van der Waals surface area contributed by atoms with Gasteiger partial charge in [-0.05, 0) is 31.1 Å². The molecule has 1 aliphatic carbocycles. The molecule has 0 spiro atoms. The molecule has 2 rings (SSSR count). The van der Waals surface area contributed by atoms with E-state index in [1.807, 2.05) is 0 Å². The second-order valence-electron chi connectivity index (χ2n) is 5.51. The van der Waals surface area contributed by atoms with Crippen molar-refractivity contribution in [3.05, 3.63) is 57.7 Å². The smallest absolute Gasteiger partial charge is 0.0765 e. The Morgan fingerprint density at radius 1 is 1.22 bits per heavy atom. The molecule has 0 saturated carbocycles. The van der Waals surface area contributed by atoms with Crippen molar-refractivity contribution in [2.45, 2.75) is 37.0 Å². The molecule has 0 radical (unpaired) electrons. The lowest BCUT2D eigenvalue weighted by Crippen LogP contribution is -3.68. The van der Waals surface area contributed by atoms with E-state index < -0.39 is 0 Å². The van der Waals surface area contributed by atoms with Crippen LogP contribution in [-0.4, -0.2) is 3.42 Å². The zero-order chi connectivity index (χ0) is 13.0. The van der Waals surface area contributed by atoms with E-state index >= 15 is 0 Å². The van der Waals surface area contributed by atoms with Crippen LogP contribution in [0.15, 0.2) is 54.1 Å². The molecule has 0 amide bonds. The molecule has 96 valence electrons. The topological polar surface area (TPSA) is 0 Å². The van der Waals surface area contributed by atoms with Gasteiger partial charge >= 0.3 is 21.2 Å². The Morgan fingerprint density at radius 3 is 2.50 bits per heavy atom. The van der Waals surface area contributed by atoms with Gasteiger partial charge in [0.2, 0.25) is 0 Å². The molecule has 0 N–H and O–H groups in total. The third kappa shape index (κ3) is 3.71. The number of benzene rings is 1. The Labute approximate surface area is 121 Å². The predicted molar refractivity (Wildman–Crippen MR) is 74.8 cm³/mol. The van der Waals surface area contributed by atoms with Crippen molar-refractivity contribution in [1.29, 1.82) is 0 Å². The van der Waals surface area contributed by atoms with Crippen LogP contribution in [0.4, 0.5) is 0 Å². The van der Waals surface area contributed by atoms with Gasteiger partial charge in [0.25, 0.3) is 0 Å². The van der Waals surface area contributed by atoms with Crippen LogP contribution in [0.1, 0.15) is 33.6 Å². The third-order valence-electron chi connectivity index (χ3n) is 3.19. The Balaban J connectivity index is 2.19. The Bertz CT molecular complexity index is 442. The van der Waals surface area contributed by atoms with Crippen molar-refractivity contribution in [2.75, 3.05) is 0 Å². The third-order valence-corrected chi connectivity index (χ3v) is 6.84. The SMILES string of the molecule is CC1=CCC(CC(C)C)([I+]c2ccccc2)C=C1. The summed E-state index contributed by atoms with van der Waals surface area (Å²) in [6.07, 6.45) is 9.80. The van der Waals surface area contributed by atoms with Gasteiger partial charge in [0, 0.05) is 12.8 Å². The molecule has 1 aromatic carbocycles. The fraction of sp³-hybridized carbons (Fsp3) is 0.412. The van der Waals surface area contributed by atoms with Crippen LogP contribution in [0.2, 0.25) is 0 Å². The molecule has 0 nitrogen and oxygen atoms in total. The lowest BCUT2D eigenvalue weighted by atomic mass is 9.89.